The Morgan fingerprint density at radius 1 is 0.500 bits per heavy atom. The van der Waals surface area contributed by atoms with Crippen LogP contribution < -0.4 is 0 Å². The molecule has 2 atom stereocenters. The Bertz CT molecular complexity index is 1000. The lowest BCUT2D eigenvalue weighted by Crippen LogP contribution is -2.50. The fourth-order valence-corrected chi connectivity index (χ4v) is 7.26. The monoisotopic (exact) mass is 821 g/mol. The van der Waals surface area contributed by atoms with E-state index in [9.17, 15) is 19.5 Å². The third-order valence-corrected chi connectivity index (χ3v) is 11.1. The summed E-state index contributed by atoms with van der Waals surface area (Å²) in [6.45, 7) is 4.74. The van der Waals surface area contributed by atoms with Gasteiger partial charge < -0.3 is 23.8 Å². The van der Waals surface area contributed by atoms with Gasteiger partial charge in [0.25, 0.3) is 0 Å². The summed E-state index contributed by atoms with van der Waals surface area (Å²) in [6.07, 6.45) is 46.5. The highest BCUT2D eigenvalue weighted by Gasteiger charge is 2.31. The van der Waals surface area contributed by atoms with Crippen LogP contribution in [0.25, 0.3) is 0 Å². The molecule has 1 N–H and O–H groups in total. The van der Waals surface area contributed by atoms with Crippen molar-refractivity contribution in [3.8, 4) is 0 Å². The zero-order chi connectivity index (χ0) is 42.8. The van der Waals surface area contributed by atoms with E-state index < -0.39 is 18.1 Å². The van der Waals surface area contributed by atoms with E-state index in [1.54, 1.807) is 0 Å². The van der Waals surface area contributed by atoms with E-state index >= 15 is 0 Å². The first-order valence-electron chi connectivity index (χ1n) is 24.4. The minimum atomic E-state index is -0.874. The van der Waals surface area contributed by atoms with Gasteiger partial charge in [0.05, 0.1) is 34.4 Å². The Balaban J connectivity index is 4.27. The number of rotatable bonds is 44. The molecule has 0 rings (SSSR count). The quantitative estimate of drug-likeness (QED) is 0.0283. The third-order valence-electron chi connectivity index (χ3n) is 11.1. The van der Waals surface area contributed by atoms with Crippen molar-refractivity contribution in [2.24, 2.45) is 0 Å². The fourth-order valence-electron chi connectivity index (χ4n) is 7.26. The first-order chi connectivity index (χ1) is 28.1. The van der Waals surface area contributed by atoms with Gasteiger partial charge in [-0.05, 0) is 64.2 Å². The number of carbonyl (C=O) groups is 3. The molecule has 0 aliphatic carbocycles. The summed E-state index contributed by atoms with van der Waals surface area (Å²) in [6, 6.07) is -0.614. The van der Waals surface area contributed by atoms with Crippen molar-refractivity contribution in [2.45, 2.75) is 238 Å². The lowest BCUT2D eigenvalue weighted by atomic mass is 10.1. The number of carboxylic acid groups (broad SMARTS) is 1. The first-order valence-corrected chi connectivity index (χ1v) is 24.4. The number of esters is 2. The molecule has 0 heterocycles. The summed E-state index contributed by atoms with van der Waals surface area (Å²) < 4.78 is 17.3. The maximum atomic E-state index is 12.8. The van der Waals surface area contributed by atoms with E-state index in [-0.39, 0.29) is 36.2 Å². The fraction of sp³-hybridized carbons (Fsp3) is 0.860. The highest BCUT2D eigenvalue weighted by molar-refractivity contribution is 5.72. The molecule has 0 fully saturated rings. The van der Waals surface area contributed by atoms with Gasteiger partial charge in [0.1, 0.15) is 6.61 Å². The smallest absolute Gasteiger partial charge is 0.362 e. The summed E-state index contributed by atoms with van der Waals surface area (Å²) in [5, 5.41) is 9.64. The average Bonchev–Trinajstić information content (AvgIpc) is 3.18. The number of hydrogen-bond acceptors (Lipinski definition) is 6. The van der Waals surface area contributed by atoms with E-state index in [1.807, 2.05) is 21.1 Å². The Hall–Kier alpha value is -2.19. The molecule has 0 amide bonds. The number of unbranched alkanes of at least 4 members (excludes halogenated alkanes) is 26. The molecule has 0 radical (unpaired) electrons. The highest BCUT2D eigenvalue weighted by atomic mass is 16.6. The van der Waals surface area contributed by atoms with Gasteiger partial charge in [-0.1, -0.05) is 167 Å². The predicted molar refractivity (Wildman–Crippen MR) is 243 cm³/mol. The number of carboxylic acids is 1. The molecular weight excluding hydrogens is 727 g/mol. The number of quaternary nitrogens is 1. The van der Waals surface area contributed by atoms with Crippen molar-refractivity contribution < 1.29 is 38.2 Å². The standard InChI is InChI=1S/C50H93NO7/c1-6-8-10-12-14-16-18-20-22-23-24-25-27-29-31-33-35-37-39-41-49(53)58-46(44-56-43-42-47(50(54)55)51(3,4)5)45-57-48(52)40-38-36-34-32-30-28-26-21-19-17-15-13-11-9-7-2/h20-22,26,46-47H,6-19,23-25,27-45H2,1-5H3/p+1/b22-20-,26-21-. The average molecular weight is 821 g/mol. The SMILES string of the molecule is CCCCCCCC/C=C\CCCCCCCCCCCC(=O)OC(COCCC(C(=O)O)[N+](C)(C)C)COC(=O)CCCCCCC/C=C\CCCCCCCC. The van der Waals surface area contributed by atoms with Gasteiger partial charge in [-0.15, -0.1) is 0 Å². The summed E-state index contributed by atoms with van der Waals surface area (Å²) >= 11 is 0. The molecule has 0 aromatic carbocycles. The molecule has 340 valence electrons. The van der Waals surface area contributed by atoms with Crippen LogP contribution in [0, 0.1) is 0 Å². The number of nitrogens with zero attached hydrogens (tertiary/aromatic N) is 1. The largest absolute Gasteiger partial charge is 0.477 e. The van der Waals surface area contributed by atoms with Gasteiger partial charge >= 0.3 is 17.9 Å². The molecule has 2 unspecified atom stereocenters. The number of hydrogen-bond donors (Lipinski definition) is 1. The molecule has 8 heteroatoms. The van der Waals surface area contributed by atoms with Crippen molar-refractivity contribution in [1.82, 2.24) is 0 Å². The zero-order valence-corrected chi connectivity index (χ0v) is 38.8. The molecule has 0 saturated heterocycles. The van der Waals surface area contributed by atoms with E-state index in [2.05, 4.69) is 38.2 Å². The van der Waals surface area contributed by atoms with Crippen LogP contribution >= 0.6 is 0 Å². The van der Waals surface area contributed by atoms with Crippen LogP contribution in [-0.4, -0.2) is 80.6 Å². The normalized spacial score (nSPS) is 13.1. The van der Waals surface area contributed by atoms with Crippen molar-refractivity contribution in [2.75, 3.05) is 41.0 Å². The first kappa shape index (κ1) is 55.8. The summed E-state index contributed by atoms with van der Waals surface area (Å²) in [5.41, 5.74) is 0. The summed E-state index contributed by atoms with van der Waals surface area (Å²) in [4.78, 5) is 37.1. The molecule has 0 aromatic rings. The Morgan fingerprint density at radius 2 is 0.862 bits per heavy atom. The van der Waals surface area contributed by atoms with Crippen LogP contribution in [0.15, 0.2) is 24.3 Å². The van der Waals surface area contributed by atoms with E-state index in [0.717, 1.165) is 44.9 Å². The molecule has 0 aliphatic rings. The topological polar surface area (TPSA) is 99.1 Å². The molecule has 0 saturated carbocycles. The van der Waals surface area contributed by atoms with Crippen LogP contribution in [0.3, 0.4) is 0 Å². The summed E-state index contributed by atoms with van der Waals surface area (Å²) in [7, 11) is 5.53. The van der Waals surface area contributed by atoms with Crippen molar-refractivity contribution >= 4 is 17.9 Å². The Kier molecular flexibility index (Phi) is 40.0. The van der Waals surface area contributed by atoms with E-state index in [4.69, 9.17) is 14.2 Å². The van der Waals surface area contributed by atoms with Crippen LogP contribution in [-0.2, 0) is 28.6 Å². The van der Waals surface area contributed by atoms with Gasteiger partial charge in [-0.2, -0.15) is 0 Å². The molecule has 0 bridgehead atoms. The summed E-state index contributed by atoms with van der Waals surface area (Å²) in [5.74, 6) is -1.47. The maximum Gasteiger partial charge on any atom is 0.362 e. The van der Waals surface area contributed by atoms with Gasteiger partial charge in [0, 0.05) is 19.3 Å². The highest BCUT2D eigenvalue weighted by Crippen LogP contribution is 2.15. The van der Waals surface area contributed by atoms with Crippen LogP contribution in [0.1, 0.15) is 226 Å². The lowest BCUT2D eigenvalue weighted by Gasteiger charge is -2.31. The second kappa shape index (κ2) is 41.5. The Labute approximate surface area is 358 Å². The number of ether oxygens (including phenoxy) is 3. The van der Waals surface area contributed by atoms with Gasteiger partial charge in [-0.25, -0.2) is 4.79 Å². The Morgan fingerprint density at radius 3 is 1.24 bits per heavy atom. The maximum absolute atomic E-state index is 12.8. The minimum Gasteiger partial charge on any atom is -0.477 e. The van der Waals surface area contributed by atoms with E-state index in [0.29, 0.717) is 19.3 Å². The predicted octanol–water partition coefficient (Wildman–Crippen LogP) is 13.6. The molecule has 8 nitrogen and oxygen atoms in total. The van der Waals surface area contributed by atoms with Gasteiger partial charge in [-0.3, -0.25) is 9.59 Å². The zero-order valence-electron chi connectivity index (χ0n) is 38.8. The van der Waals surface area contributed by atoms with Gasteiger partial charge in [0.2, 0.25) is 0 Å². The third kappa shape index (κ3) is 39.3. The van der Waals surface area contributed by atoms with Crippen molar-refractivity contribution in [1.29, 1.82) is 0 Å². The lowest BCUT2D eigenvalue weighted by molar-refractivity contribution is -0.887. The second-order valence-electron chi connectivity index (χ2n) is 17.7. The van der Waals surface area contributed by atoms with E-state index in [1.165, 1.54) is 148 Å². The molecular formula is C50H94NO7+. The second-order valence-corrected chi connectivity index (χ2v) is 17.7. The van der Waals surface area contributed by atoms with Crippen LogP contribution in [0.2, 0.25) is 0 Å². The van der Waals surface area contributed by atoms with Crippen molar-refractivity contribution in [3.05, 3.63) is 24.3 Å². The number of aliphatic carboxylic acids is 1. The molecule has 0 aromatic heterocycles. The molecule has 0 aliphatic heterocycles. The molecule has 0 spiro atoms. The van der Waals surface area contributed by atoms with Crippen molar-refractivity contribution in [3.63, 3.8) is 0 Å². The van der Waals surface area contributed by atoms with Gasteiger partial charge in [0.15, 0.2) is 12.1 Å². The van der Waals surface area contributed by atoms with Crippen LogP contribution in [0.5, 0.6) is 0 Å². The number of carbonyl (C=O) groups excluding carboxylic acids is 2. The van der Waals surface area contributed by atoms with Crippen LogP contribution in [0.4, 0.5) is 0 Å². The molecule has 58 heavy (non-hydrogen) atoms. The number of likely N-dealkylation sites (N-methyl/N-ethyl adjacent to an activating group) is 1. The minimum absolute atomic E-state index is 0.0528. The number of allylic oxidation sites excluding steroid dienone is 4.